The van der Waals surface area contributed by atoms with E-state index in [1.165, 1.54) is 109 Å². The molecule has 0 spiro atoms. The third-order valence-electron chi connectivity index (χ3n) is 4.68. The van der Waals surface area contributed by atoms with Crippen LogP contribution in [0.15, 0.2) is 0 Å². The van der Waals surface area contributed by atoms with E-state index >= 15 is 0 Å². The van der Waals surface area contributed by atoms with Gasteiger partial charge in [-0.15, -0.1) is 0 Å². The van der Waals surface area contributed by atoms with Crippen LogP contribution >= 0.6 is 0 Å². The van der Waals surface area contributed by atoms with Crippen LogP contribution in [0.25, 0.3) is 0 Å². The molecular formula is C21H43. The summed E-state index contributed by atoms with van der Waals surface area (Å²) >= 11 is 0. The SMILES string of the molecule is [CH2]C(CCCCC)CCCCCCCCCCCCCC. The molecule has 0 aliphatic carbocycles. The first-order chi connectivity index (χ1) is 10.3. The Bertz CT molecular complexity index is 173. The fourth-order valence-corrected chi connectivity index (χ4v) is 3.10. The van der Waals surface area contributed by atoms with Crippen LogP contribution in [0.3, 0.4) is 0 Å². The summed E-state index contributed by atoms with van der Waals surface area (Å²) in [5.41, 5.74) is 0. The normalized spacial score (nSPS) is 12.7. The van der Waals surface area contributed by atoms with Crippen molar-refractivity contribution in [2.24, 2.45) is 5.92 Å². The van der Waals surface area contributed by atoms with E-state index in [1.807, 2.05) is 0 Å². The monoisotopic (exact) mass is 295 g/mol. The third kappa shape index (κ3) is 18.0. The average molecular weight is 296 g/mol. The Morgan fingerprint density at radius 2 is 0.762 bits per heavy atom. The molecule has 0 saturated carbocycles. The highest BCUT2D eigenvalue weighted by Crippen LogP contribution is 2.17. The highest BCUT2D eigenvalue weighted by molar-refractivity contribution is 4.61. The van der Waals surface area contributed by atoms with Crippen molar-refractivity contribution in [2.75, 3.05) is 0 Å². The highest BCUT2D eigenvalue weighted by Gasteiger charge is 2.01. The zero-order valence-electron chi connectivity index (χ0n) is 15.3. The summed E-state index contributed by atoms with van der Waals surface area (Å²) in [6.45, 7) is 8.87. The number of hydrogen-bond donors (Lipinski definition) is 0. The second-order valence-electron chi connectivity index (χ2n) is 7.04. The van der Waals surface area contributed by atoms with Crippen molar-refractivity contribution in [3.63, 3.8) is 0 Å². The van der Waals surface area contributed by atoms with E-state index in [4.69, 9.17) is 0 Å². The Morgan fingerprint density at radius 3 is 1.19 bits per heavy atom. The second-order valence-corrected chi connectivity index (χ2v) is 7.04. The predicted octanol–water partition coefficient (Wildman–Crippen LogP) is 8.11. The van der Waals surface area contributed by atoms with E-state index < -0.39 is 0 Å². The smallest absolute Gasteiger partial charge is 0.0414 e. The van der Waals surface area contributed by atoms with E-state index in [-0.39, 0.29) is 0 Å². The van der Waals surface area contributed by atoms with E-state index in [2.05, 4.69) is 20.8 Å². The quantitative estimate of drug-likeness (QED) is 0.238. The molecule has 0 aromatic carbocycles. The largest absolute Gasteiger partial charge is 0.0654 e. The standard InChI is InChI=1S/C21H43/c1-4-6-8-9-10-11-12-13-14-15-16-18-20-21(3)19-17-7-5-2/h21H,3-20H2,1-2H3. The van der Waals surface area contributed by atoms with Crippen LogP contribution < -0.4 is 0 Å². The lowest BCUT2D eigenvalue weighted by atomic mass is 9.96. The highest BCUT2D eigenvalue weighted by atomic mass is 14.1. The van der Waals surface area contributed by atoms with Crippen molar-refractivity contribution in [3.8, 4) is 0 Å². The van der Waals surface area contributed by atoms with Gasteiger partial charge in [0.1, 0.15) is 0 Å². The summed E-state index contributed by atoms with van der Waals surface area (Å²) in [4.78, 5) is 0. The van der Waals surface area contributed by atoms with Crippen molar-refractivity contribution in [1.29, 1.82) is 0 Å². The molecule has 1 unspecified atom stereocenters. The minimum absolute atomic E-state index is 0.722. The van der Waals surface area contributed by atoms with Crippen molar-refractivity contribution in [1.82, 2.24) is 0 Å². The predicted molar refractivity (Wildman–Crippen MR) is 98.7 cm³/mol. The number of hydrogen-bond acceptors (Lipinski definition) is 0. The van der Waals surface area contributed by atoms with Crippen LogP contribution in [0.5, 0.6) is 0 Å². The van der Waals surface area contributed by atoms with Gasteiger partial charge in [-0.3, -0.25) is 0 Å². The minimum atomic E-state index is 0.722. The first kappa shape index (κ1) is 21.0. The molecule has 0 aromatic rings. The summed E-state index contributed by atoms with van der Waals surface area (Å²) in [7, 11) is 0. The molecule has 0 saturated heterocycles. The van der Waals surface area contributed by atoms with Gasteiger partial charge in [0.05, 0.1) is 0 Å². The topological polar surface area (TPSA) is 0 Å². The molecule has 0 amide bonds. The van der Waals surface area contributed by atoms with Gasteiger partial charge in [-0.1, -0.05) is 130 Å². The van der Waals surface area contributed by atoms with Gasteiger partial charge in [0.2, 0.25) is 0 Å². The lowest BCUT2D eigenvalue weighted by Gasteiger charge is -2.10. The van der Waals surface area contributed by atoms with Crippen LogP contribution in [0.2, 0.25) is 0 Å². The van der Waals surface area contributed by atoms with Gasteiger partial charge in [0.25, 0.3) is 0 Å². The Morgan fingerprint density at radius 1 is 0.476 bits per heavy atom. The molecular weight excluding hydrogens is 252 g/mol. The van der Waals surface area contributed by atoms with Gasteiger partial charge in [-0.2, -0.15) is 0 Å². The molecule has 0 nitrogen and oxygen atoms in total. The molecule has 0 aliphatic rings. The first-order valence-corrected chi connectivity index (χ1v) is 10.1. The lowest BCUT2D eigenvalue weighted by molar-refractivity contribution is 0.467. The van der Waals surface area contributed by atoms with Crippen molar-refractivity contribution in [2.45, 2.75) is 123 Å². The second kappa shape index (κ2) is 18.1. The number of rotatable bonds is 17. The summed E-state index contributed by atoms with van der Waals surface area (Å²) in [6.07, 6.45) is 24.2. The molecule has 127 valence electrons. The Labute approximate surface area is 136 Å². The summed E-state index contributed by atoms with van der Waals surface area (Å²) in [5.74, 6) is 0.722. The fraction of sp³-hybridized carbons (Fsp3) is 0.952. The maximum atomic E-state index is 4.30. The molecule has 0 N–H and O–H groups in total. The minimum Gasteiger partial charge on any atom is -0.0654 e. The van der Waals surface area contributed by atoms with Crippen molar-refractivity contribution in [3.05, 3.63) is 6.92 Å². The first-order valence-electron chi connectivity index (χ1n) is 10.1. The van der Waals surface area contributed by atoms with Crippen LogP contribution in [0, 0.1) is 12.8 Å². The van der Waals surface area contributed by atoms with Crippen LogP contribution in [0.1, 0.15) is 123 Å². The molecule has 0 aliphatic heterocycles. The Hall–Kier alpha value is 0. The van der Waals surface area contributed by atoms with Gasteiger partial charge >= 0.3 is 0 Å². The maximum Gasteiger partial charge on any atom is -0.0414 e. The Balaban J connectivity index is 3.05. The molecule has 0 bridgehead atoms. The molecule has 0 rings (SSSR count). The van der Waals surface area contributed by atoms with Crippen molar-refractivity contribution < 1.29 is 0 Å². The van der Waals surface area contributed by atoms with Gasteiger partial charge in [-0.25, -0.2) is 0 Å². The molecule has 0 fully saturated rings. The molecule has 0 heterocycles. The van der Waals surface area contributed by atoms with E-state index in [9.17, 15) is 0 Å². The Kier molecular flexibility index (Phi) is 18.1. The van der Waals surface area contributed by atoms with Gasteiger partial charge < -0.3 is 0 Å². The van der Waals surface area contributed by atoms with Crippen molar-refractivity contribution >= 4 is 0 Å². The summed E-state index contributed by atoms with van der Waals surface area (Å²) in [5, 5.41) is 0. The zero-order chi connectivity index (χ0) is 15.6. The molecule has 0 aromatic heterocycles. The fourth-order valence-electron chi connectivity index (χ4n) is 3.10. The maximum absolute atomic E-state index is 4.30. The molecule has 1 atom stereocenters. The van der Waals surface area contributed by atoms with Gasteiger partial charge in [-0.05, 0) is 5.92 Å². The number of unbranched alkanes of at least 4 members (excludes halogenated alkanes) is 13. The van der Waals surface area contributed by atoms with Crippen LogP contribution in [-0.2, 0) is 0 Å². The van der Waals surface area contributed by atoms with Crippen LogP contribution in [0.4, 0.5) is 0 Å². The summed E-state index contributed by atoms with van der Waals surface area (Å²) in [6, 6.07) is 0. The third-order valence-corrected chi connectivity index (χ3v) is 4.68. The van der Waals surface area contributed by atoms with E-state index in [1.54, 1.807) is 0 Å². The average Bonchev–Trinajstić information content (AvgIpc) is 2.48. The molecule has 21 heavy (non-hydrogen) atoms. The van der Waals surface area contributed by atoms with Crippen LogP contribution in [-0.4, -0.2) is 0 Å². The van der Waals surface area contributed by atoms with E-state index in [0.717, 1.165) is 5.92 Å². The van der Waals surface area contributed by atoms with Gasteiger partial charge in [0.15, 0.2) is 0 Å². The summed E-state index contributed by atoms with van der Waals surface area (Å²) < 4.78 is 0. The zero-order valence-corrected chi connectivity index (χ0v) is 15.3. The lowest BCUT2D eigenvalue weighted by Crippen LogP contribution is -1.95. The molecule has 0 heteroatoms. The van der Waals surface area contributed by atoms with Gasteiger partial charge in [0, 0.05) is 0 Å². The molecule has 1 radical (unpaired) electrons. The van der Waals surface area contributed by atoms with E-state index in [0.29, 0.717) is 0 Å².